The molecule has 0 unspecified atom stereocenters. The van der Waals surface area contributed by atoms with Crippen LogP contribution in [0.3, 0.4) is 0 Å². The summed E-state index contributed by atoms with van der Waals surface area (Å²) in [6, 6.07) is 12.2. The van der Waals surface area contributed by atoms with Gasteiger partial charge in [0.2, 0.25) is 10.0 Å². The van der Waals surface area contributed by atoms with Crippen molar-refractivity contribution in [3.05, 3.63) is 48.3 Å². The van der Waals surface area contributed by atoms with Gasteiger partial charge >= 0.3 is 0 Å². The average Bonchev–Trinajstić information content (AvgIpc) is 3.33. The minimum atomic E-state index is -3.63. The number of hydrogen-bond donors (Lipinski definition) is 0. The molecule has 0 atom stereocenters. The molecule has 11 heteroatoms. The Labute approximate surface area is 170 Å². The van der Waals surface area contributed by atoms with E-state index in [1.54, 1.807) is 37.3 Å². The standard InChI is InChI=1S/C18H15N5O4S2/c1-11-19-18(27-20-11)12-5-7-13(8-6-12)26-14-9-23(10-14)29(24,25)16-4-2-3-15-17(16)22-28-21-15/h2-8,14H,9-10H2,1H3. The lowest BCUT2D eigenvalue weighted by molar-refractivity contribution is 0.0763. The zero-order chi connectivity index (χ0) is 20.0. The van der Waals surface area contributed by atoms with Crippen LogP contribution in [0.1, 0.15) is 5.82 Å². The molecule has 1 fully saturated rings. The summed E-state index contributed by atoms with van der Waals surface area (Å²) in [6.07, 6.45) is -0.214. The van der Waals surface area contributed by atoms with Gasteiger partial charge in [-0.3, -0.25) is 0 Å². The molecular formula is C18H15N5O4S2. The van der Waals surface area contributed by atoms with Crippen LogP contribution in [0.5, 0.6) is 5.75 Å². The summed E-state index contributed by atoms with van der Waals surface area (Å²) in [5.41, 5.74) is 1.79. The van der Waals surface area contributed by atoms with E-state index in [9.17, 15) is 8.42 Å². The first-order chi connectivity index (χ1) is 14.0. The van der Waals surface area contributed by atoms with Crippen molar-refractivity contribution in [1.29, 1.82) is 0 Å². The molecule has 0 radical (unpaired) electrons. The van der Waals surface area contributed by atoms with Crippen LogP contribution in [0.15, 0.2) is 51.9 Å². The number of ether oxygens (including phenoxy) is 1. The van der Waals surface area contributed by atoms with E-state index in [1.807, 2.05) is 12.1 Å². The topological polar surface area (TPSA) is 111 Å². The minimum Gasteiger partial charge on any atom is -0.488 e. The minimum absolute atomic E-state index is 0.182. The fourth-order valence-electron chi connectivity index (χ4n) is 3.08. The molecule has 3 heterocycles. The van der Waals surface area contributed by atoms with Gasteiger partial charge in [-0.2, -0.15) is 18.0 Å². The summed E-state index contributed by atoms with van der Waals surface area (Å²) >= 11 is 1.00. The van der Waals surface area contributed by atoms with Crippen molar-refractivity contribution in [2.45, 2.75) is 17.9 Å². The lowest BCUT2D eigenvalue weighted by atomic mass is 10.2. The van der Waals surface area contributed by atoms with Gasteiger partial charge in [-0.25, -0.2) is 8.42 Å². The van der Waals surface area contributed by atoms with Crippen LogP contribution < -0.4 is 4.74 Å². The summed E-state index contributed by atoms with van der Waals surface area (Å²) in [7, 11) is -3.63. The molecule has 0 aliphatic carbocycles. The van der Waals surface area contributed by atoms with Crippen molar-refractivity contribution in [3.63, 3.8) is 0 Å². The molecule has 0 amide bonds. The number of aryl methyl sites for hydroxylation is 1. The van der Waals surface area contributed by atoms with Gasteiger partial charge in [0, 0.05) is 5.56 Å². The number of hydrogen-bond acceptors (Lipinski definition) is 9. The molecule has 0 spiro atoms. The third-order valence-corrected chi connectivity index (χ3v) is 7.02. The highest BCUT2D eigenvalue weighted by Crippen LogP contribution is 2.29. The molecule has 5 rings (SSSR count). The van der Waals surface area contributed by atoms with Crippen LogP contribution in [0, 0.1) is 6.92 Å². The lowest BCUT2D eigenvalue weighted by Gasteiger charge is -2.37. The zero-order valence-electron chi connectivity index (χ0n) is 15.2. The van der Waals surface area contributed by atoms with Gasteiger partial charge in [0.25, 0.3) is 5.89 Å². The monoisotopic (exact) mass is 429 g/mol. The fourth-order valence-corrected chi connectivity index (χ4v) is 5.34. The molecule has 4 aromatic rings. The summed E-state index contributed by atoms with van der Waals surface area (Å²) < 4.78 is 46.5. The van der Waals surface area contributed by atoms with Crippen molar-refractivity contribution < 1.29 is 17.7 Å². The Hall–Kier alpha value is -2.89. The fraction of sp³-hybridized carbons (Fsp3) is 0.222. The highest BCUT2D eigenvalue weighted by atomic mass is 32.2. The molecular weight excluding hydrogens is 414 g/mol. The second-order valence-electron chi connectivity index (χ2n) is 6.62. The molecule has 29 heavy (non-hydrogen) atoms. The number of rotatable bonds is 5. The first kappa shape index (κ1) is 18.2. The van der Waals surface area contributed by atoms with Crippen LogP contribution in [0.25, 0.3) is 22.5 Å². The number of fused-ring (bicyclic) bond motifs is 1. The highest BCUT2D eigenvalue weighted by molar-refractivity contribution is 7.89. The molecule has 0 saturated carbocycles. The van der Waals surface area contributed by atoms with Crippen molar-refractivity contribution >= 4 is 32.8 Å². The van der Waals surface area contributed by atoms with E-state index in [1.165, 1.54) is 4.31 Å². The van der Waals surface area contributed by atoms with E-state index in [4.69, 9.17) is 9.26 Å². The predicted octanol–water partition coefficient (Wildman–Crippen LogP) is 2.50. The molecule has 148 valence electrons. The molecule has 2 aromatic carbocycles. The average molecular weight is 429 g/mol. The van der Waals surface area contributed by atoms with Gasteiger partial charge in [-0.05, 0) is 43.3 Å². The van der Waals surface area contributed by atoms with Crippen LogP contribution in [-0.2, 0) is 10.0 Å². The number of nitrogens with zero attached hydrogens (tertiary/aromatic N) is 5. The van der Waals surface area contributed by atoms with Crippen LogP contribution in [-0.4, -0.2) is 50.8 Å². The van der Waals surface area contributed by atoms with Crippen LogP contribution in [0.4, 0.5) is 0 Å². The Morgan fingerprint density at radius 2 is 1.93 bits per heavy atom. The molecule has 9 nitrogen and oxygen atoms in total. The predicted molar refractivity (Wildman–Crippen MR) is 105 cm³/mol. The van der Waals surface area contributed by atoms with E-state index in [0.717, 1.165) is 17.3 Å². The maximum Gasteiger partial charge on any atom is 0.257 e. The van der Waals surface area contributed by atoms with E-state index >= 15 is 0 Å². The molecule has 2 aromatic heterocycles. The Kier molecular flexibility index (Phi) is 4.30. The SMILES string of the molecule is Cc1noc(-c2ccc(OC3CN(S(=O)(=O)c4cccc5nsnc45)C3)cc2)n1. The zero-order valence-corrected chi connectivity index (χ0v) is 16.9. The first-order valence-corrected chi connectivity index (χ1v) is 11.0. The third-order valence-electron chi connectivity index (χ3n) is 4.61. The van der Waals surface area contributed by atoms with Crippen molar-refractivity contribution in [3.8, 4) is 17.2 Å². The van der Waals surface area contributed by atoms with E-state index in [-0.39, 0.29) is 24.1 Å². The molecule has 0 N–H and O–H groups in total. The number of sulfonamides is 1. The van der Waals surface area contributed by atoms with Gasteiger partial charge in [-0.15, -0.1) is 0 Å². The van der Waals surface area contributed by atoms with Gasteiger partial charge in [0.15, 0.2) is 5.82 Å². The second kappa shape index (κ2) is 6.87. The second-order valence-corrected chi connectivity index (χ2v) is 9.06. The smallest absolute Gasteiger partial charge is 0.257 e. The maximum atomic E-state index is 12.9. The molecule has 0 bridgehead atoms. The Morgan fingerprint density at radius 1 is 1.14 bits per heavy atom. The Balaban J connectivity index is 1.26. The number of aromatic nitrogens is 4. The van der Waals surface area contributed by atoms with Gasteiger partial charge in [0.05, 0.1) is 24.8 Å². The Morgan fingerprint density at radius 3 is 2.66 bits per heavy atom. The van der Waals surface area contributed by atoms with Gasteiger partial charge < -0.3 is 9.26 Å². The van der Waals surface area contributed by atoms with Crippen molar-refractivity contribution in [2.75, 3.05) is 13.1 Å². The summed E-state index contributed by atoms with van der Waals surface area (Å²) in [6.45, 7) is 2.31. The molecule has 1 aliphatic rings. The normalized spacial score (nSPS) is 15.5. The number of benzene rings is 2. The van der Waals surface area contributed by atoms with Crippen LogP contribution >= 0.6 is 11.7 Å². The van der Waals surface area contributed by atoms with E-state index in [2.05, 4.69) is 18.9 Å². The largest absolute Gasteiger partial charge is 0.488 e. The third kappa shape index (κ3) is 3.26. The van der Waals surface area contributed by atoms with E-state index < -0.39 is 10.0 Å². The first-order valence-electron chi connectivity index (χ1n) is 8.79. The Bertz CT molecular complexity index is 1280. The molecule has 1 saturated heterocycles. The van der Waals surface area contributed by atoms with Gasteiger partial charge in [-0.1, -0.05) is 11.2 Å². The van der Waals surface area contributed by atoms with Crippen LogP contribution in [0.2, 0.25) is 0 Å². The maximum absolute atomic E-state index is 12.9. The highest BCUT2D eigenvalue weighted by Gasteiger charge is 2.39. The summed E-state index contributed by atoms with van der Waals surface area (Å²) in [5.74, 6) is 1.67. The van der Waals surface area contributed by atoms with Crippen molar-refractivity contribution in [2.24, 2.45) is 0 Å². The van der Waals surface area contributed by atoms with Gasteiger partial charge in [0.1, 0.15) is 27.8 Å². The van der Waals surface area contributed by atoms with E-state index in [0.29, 0.717) is 28.5 Å². The lowest BCUT2D eigenvalue weighted by Crippen LogP contribution is -2.55. The summed E-state index contributed by atoms with van der Waals surface area (Å²) in [5, 5.41) is 3.77. The quantitative estimate of drug-likeness (QED) is 0.476. The molecule has 1 aliphatic heterocycles. The van der Waals surface area contributed by atoms with Crippen molar-refractivity contribution in [1.82, 2.24) is 23.2 Å². The summed E-state index contributed by atoms with van der Waals surface area (Å²) in [4.78, 5) is 4.36.